The van der Waals surface area contributed by atoms with Crippen LogP contribution in [0.4, 0.5) is 0 Å². The fourth-order valence-electron chi connectivity index (χ4n) is 5.74. The molecule has 0 fully saturated rings. The molecule has 0 saturated heterocycles. The predicted molar refractivity (Wildman–Crippen MR) is 200 cm³/mol. The Balaban J connectivity index is 0.000000570. The van der Waals surface area contributed by atoms with Gasteiger partial charge in [-0.2, -0.15) is 0 Å². The van der Waals surface area contributed by atoms with Gasteiger partial charge in [0, 0.05) is 43.2 Å². The molecule has 278 valence electrons. The van der Waals surface area contributed by atoms with E-state index in [4.69, 9.17) is 18.9 Å². The van der Waals surface area contributed by atoms with E-state index in [-0.39, 0.29) is 17.3 Å². The first-order valence-corrected chi connectivity index (χ1v) is 18.5. The van der Waals surface area contributed by atoms with E-state index in [9.17, 15) is 9.59 Å². The molecule has 10 heteroatoms. The van der Waals surface area contributed by atoms with Crippen LogP contribution in [-0.4, -0.2) is 85.6 Å². The van der Waals surface area contributed by atoms with Crippen LogP contribution in [0, 0.1) is 0 Å². The summed E-state index contributed by atoms with van der Waals surface area (Å²) in [5.74, 6) is 0.0970. The van der Waals surface area contributed by atoms with Crippen LogP contribution in [0.5, 0.6) is 0 Å². The first-order chi connectivity index (χ1) is 24.4. The summed E-state index contributed by atoms with van der Waals surface area (Å²) in [4.78, 5) is 23.1. The molecular formula is C40H62N4O6. The molecule has 1 N–H and O–H groups in total. The Hall–Kier alpha value is -3.44. The van der Waals surface area contributed by atoms with Crippen LogP contribution in [0.3, 0.4) is 0 Å². The summed E-state index contributed by atoms with van der Waals surface area (Å²) >= 11 is 0. The van der Waals surface area contributed by atoms with E-state index >= 15 is 0 Å². The standard InChI is InChI=1S/C30H39N3O4.C8H17NO2.C2H6/c1-3-5-16-35-18-20-37-21-19-36-17-15-33-30-24-12-7-6-11-23(24)22-27(28(34)10-4-2)25-13-8-9-14-26(25)29(30)31-32-33;1-4-11-8(2,3)5-6-9-7-10;1-2/h6-9,11-14,27H,3-5,10,15-22H2,1-2H3;7H,4-6H2,1-3H3,(H,9,10);1-2H3. The van der Waals surface area contributed by atoms with E-state index in [1.165, 1.54) is 0 Å². The summed E-state index contributed by atoms with van der Waals surface area (Å²) in [6.07, 6.45) is 5.88. The summed E-state index contributed by atoms with van der Waals surface area (Å²) < 4.78 is 24.3. The highest BCUT2D eigenvalue weighted by Gasteiger charge is 2.30. The maximum absolute atomic E-state index is 13.2. The number of aromatic nitrogens is 3. The van der Waals surface area contributed by atoms with Crippen molar-refractivity contribution in [2.45, 2.75) is 105 Å². The summed E-state index contributed by atoms with van der Waals surface area (Å²) in [6.45, 7) is 19.7. The van der Waals surface area contributed by atoms with Gasteiger partial charge in [-0.25, -0.2) is 4.68 Å². The molecule has 1 unspecified atom stereocenters. The molecule has 1 aromatic heterocycles. The molecule has 3 aromatic rings. The van der Waals surface area contributed by atoms with Gasteiger partial charge in [0.25, 0.3) is 0 Å². The Morgan fingerprint density at radius 3 is 2.20 bits per heavy atom. The molecular weight excluding hydrogens is 632 g/mol. The fourth-order valence-corrected chi connectivity index (χ4v) is 5.74. The van der Waals surface area contributed by atoms with Crippen LogP contribution >= 0.6 is 0 Å². The average molecular weight is 695 g/mol. The second kappa shape index (κ2) is 24.7. The van der Waals surface area contributed by atoms with Crippen LogP contribution in [0.15, 0.2) is 48.5 Å². The number of Topliss-reactive ketones (excluding diaryl/α,β-unsaturated/α-hetero) is 1. The molecule has 0 aliphatic heterocycles. The molecule has 0 bridgehead atoms. The summed E-state index contributed by atoms with van der Waals surface area (Å²) in [5, 5.41) is 11.7. The zero-order valence-corrected chi connectivity index (χ0v) is 31.7. The van der Waals surface area contributed by atoms with Crippen molar-refractivity contribution < 1.29 is 28.5 Å². The third-order valence-electron chi connectivity index (χ3n) is 8.23. The largest absolute Gasteiger partial charge is 0.379 e. The highest BCUT2D eigenvalue weighted by Crippen LogP contribution is 2.41. The fraction of sp³-hybridized carbons (Fsp3) is 0.600. The van der Waals surface area contributed by atoms with Gasteiger partial charge in [0.15, 0.2) is 0 Å². The van der Waals surface area contributed by atoms with E-state index in [2.05, 4.69) is 53.7 Å². The Labute approximate surface area is 300 Å². The van der Waals surface area contributed by atoms with Gasteiger partial charge in [0.05, 0.1) is 50.9 Å². The smallest absolute Gasteiger partial charge is 0.207 e. The van der Waals surface area contributed by atoms with Gasteiger partial charge in [-0.05, 0) is 57.6 Å². The zero-order valence-electron chi connectivity index (χ0n) is 31.7. The van der Waals surface area contributed by atoms with Crippen LogP contribution in [0.2, 0.25) is 0 Å². The Kier molecular flexibility index (Phi) is 21.1. The van der Waals surface area contributed by atoms with Crippen molar-refractivity contribution >= 4 is 12.2 Å². The molecule has 0 radical (unpaired) electrons. The number of carbonyl (C=O) groups is 2. The second-order valence-corrected chi connectivity index (χ2v) is 12.4. The lowest BCUT2D eigenvalue weighted by atomic mass is 9.79. The molecule has 2 aromatic carbocycles. The van der Waals surface area contributed by atoms with Crippen LogP contribution < -0.4 is 5.32 Å². The first kappa shape index (κ1) is 42.7. The van der Waals surface area contributed by atoms with Crippen molar-refractivity contribution in [3.05, 3.63) is 59.7 Å². The second-order valence-electron chi connectivity index (χ2n) is 12.4. The van der Waals surface area contributed by atoms with Gasteiger partial charge in [0.1, 0.15) is 11.5 Å². The number of amides is 1. The highest BCUT2D eigenvalue weighted by molar-refractivity contribution is 5.91. The van der Waals surface area contributed by atoms with Crippen molar-refractivity contribution in [1.82, 2.24) is 20.3 Å². The van der Waals surface area contributed by atoms with E-state index < -0.39 is 0 Å². The van der Waals surface area contributed by atoms with Gasteiger partial charge in [0.2, 0.25) is 6.41 Å². The van der Waals surface area contributed by atoms with Gasteiger partial charge >= 0.3 is 0 Å². The lowest BCUT2D eigenvalue weighted by Gasteiger charge is -2.24. The number of rotatable bonds is 21. The van der Waals surface area contributed by atoms with Gasteiger partial charge in [-0.15, -0.1) is 5.10 Å². The van der Waals surface area contributed by atoms with E-state index in [1.54, 1.807) is 0 Å². The summed E-state index contributed by atoms with van der Waals surface area (Å²) in [6, 6.07) is 16.5. The number of ether oxygens (including phenoxy) is 4. The van der Waals surface area contributed by atoms with Crippen molar-refractivity contribution in [3.63, 3.8) is 0 Å². The first-order valence-electron chi connectivity index (χ1n) is 18.5. The topological polar surface area (TPSA) is 114 Å². The number of carbonyl (C=O) groups excluding carboxylic acids is 2. The van der Waals surface area contributed by atoms with Crippen molar-refractivity contribution in [3.8, 4) is 22.5 Å². The molecule has 4 rings (SSSR count). The Bertz CT molecular complexity index is 1380. The lowest BCUT2D eigenvalue weighted by Crippen LogP contribution is -2.29. The molecule has 0 spiro atoms. The number of benzene rings is 2. The summed E-state index contributed by atoms with van der Waals surface area (Å²) in [5.41, 5.74) is 5.94. The van der Waals surface area contributed by atoms with E-state index in [1.807, 2.05) is 63.6 Å². The minimum Gasteiger partial charge on any atom is -0.379 e. The van der Waals surface area contributed by atoms with Crippen molar-refractivity contribution in [2.24, 2.45) is 0 Å². The Morgan fingerprint density at radius 1 is 0.900 bits per heavy atom. The van der Waals surface area contributed by atoms with Crippen molar-refractivity contribution in [1.29, 1.82) is 0 Å². The quantitative estimate of drug-likeness (QED) is 0.0905. The average Bonchev–Trinajstić information content (AvgIpc) is 3.53. The highest BCUT2D eigenvalue weighted by atomic mass is 16.5. The summed E-state index contributed by atoms with van der Waals surface area (Å²) in [7, 11) is 0. The molecule has 10 nitrogen and oxygen atoms in total. The van der Waals surface area contributed by atoms with Crippen LogP contribution in [0.25, 0.3) is 22.5 Å². The number of nitrogens with zero attached hydrogens (tertiary/aromatic N) is 3. The Morgan fingerprint density at radius 2 is 1.54 bits per heavy atom. The molecule has 50 heavy (non-hydrogen) atoms. The van der Waals surface area contributed by atoms with Crippen LogP contribution in [-0.2, 0) is 41.5 Å². The monoisotopic (exact) mass is 694 g/mol. The molecule has 0 saturated carbocycles. The molecule has 1 amide bonds. The van der Waals surface area contributed by atoms with Gasteiger partial charge < -0.3 is 24.3 Å². The SMILES string of the molecule is CC.CCCCOCCOCCOCCn1nnc2c1-c1ccccc1CC(C(=O)CCC)c1ccccc1-2.CCOC(C)(C)CCNC=O. The van der Waals surface area contributed by atoms with Crippen LogP contribution in [0.1, 0.15) is 97.6 Å². The third kappa shape index (κ3) is 14.1. The number of fused-ring (bicyclic) bond motifs is 5. The van der Waals surface area contributed by atoms with E-state index in [0.717, 1.165) is 65.9 Å². The molecule has 1 aliphatic carbocycles. The lowest BCUT2D eigenvalue weighted by molar-refractivity contribution is -0.120. The molecule has 1 atom stereocenters. The predicted octanol–water partition coefficient (Wildman–Crippen LogP) is 7.43. The molecule has 1 heterocycles. The number of hydrogen-bond acceptors (Lipinski definition) is 8. The van der Waals surface area contributed by atoms with Crippen molar-refractivity contribution in [2.75, 3.05) is 52.8 Å². The molecule has 1 aliphatic rings. The van der Waals surface area contributed by atoms with Gasteiger partial charge in [-0.3, -0.25) is 9.59 Å². The third-order valence-corrected chi connectivity index (χ3v) is 8.23. The maximum Gasteiger partial charge on any atom is 0.207 e. The minimum absolute atomic E-state index is 0.120. The minimum atomic E-state index is -0.184. The zero-order chi connectivity index (χ0) is 36.6. The number of hydrogen-bond donors (Lipinski definition) is 1. The number of ketones is 1. The van der Waals surface area contributed by atoms with Gasteiger partial charge in [-0.1, -0.05) is 87.9 Å². The van der Waals surface area contributed by atoms with E-state index in [0.29, 0.717) is 72.0 Å². The number of unbranched alkanes of at least 4 members (excludes halogenated alkanes) is 1. The number of nitrogens with one attached hydrogen (secondary N) is 1. The maximum atomic E-state index is 13.2. The normalized spacial score (nSPS) is 13.2.